The fraction of sp³-hybridized carbons (Fsp3) is 0.688. The van der Waals surface area contributed by atoms with Crippen LogP contribution in [0.3, 0.4) is 0 Å². The van der Waals surface area contributed by atoms with Crippen molar-refractivity contribution in [2.75, 3.05) is 20.2 Å². The Labute approximate surface area is 122 Å². The van der Waals surface area contributed by atoms with Crippen LogP contribution in [0.4, 0.5) is 0 Å². The van der Waals surface area contributed by atoms with Crippen molar-refractivity contribution in [2.24, 2.45) is 0 Å². The van der Waals surface area contributed by atoms with Crippen LogP contribution in [0.2, 0.25) is 0 Å². The van der Waals surface area contributed by atoms with Gasteiger partial charge in [-0.3, -0.25) is 4.68 Å². The summed E-state index contributed by atoms with van der Waals surface area (Å²) in [7, 11) is 2.18. The van der Waals surface area contributed by atoms with Crippen LogP contribution in [0.15, 0.2) is 18.9 Å². The molecular formula is C16H27N3O. The van der Waals surface area contributed by atoms with E-state index in [1.54, 1.807) is 0 Å². The highest BCUT2D eigenvalue weighted by Crippen LogP contribution is 2.17. The first-order valence-electron chi connectivity index (χ1n) is 7.63. The summed E-state index contributed by atoms with van der Waals surface area (Å²) < 4.78 is 7.62. The Morgan fingerprint density at radius 3 is 3.15 bits per heavy atom. The van der Waals surface area contributed by atoms with E-state index in [9.17, 15) is 0 Å². The van der Waals surface area contributed by atoms with Gasteiger partial charge in [0.05, 0.1) is 18.3 Å². The van der Waals surface area contributed by atoms with E-state index in [1.807, 2.05) is 10.8 Å². The maximum atomic E-state index is 5.66. The third-order valence-corrected chi connectivity index (χ3v) is 3.89. The van der Waals surface area contributed by atoms with Crippen LogP contribution < -0.4 is 0 Å². The third-order valence-electron chi connectivity index (χ3n) is 3.89. The van der Waals surface area contributed by atoms with E-state index < -0.39 is 0 Å². The van der Waals surface area contributed by atoms with Crippen LogP contribution in [0, 0.1) is 6.92 Å². The summed E-state index contributed by atoms with van der Waals surface area (Å²) in [5, 5.41) is 4.50. The van der Waals surface area contributed by atoms with Crippen molar-refractivity contribution in [3.63, 3.8) is 0 Å². The first-order valence-corrected chi connectivity index (χ1v) is 7.63. The van der Waals surface area contributed by atoms with Crippen molar-refractivity contribution < 1.29 is 4.74 Å². The van der Waals surface area contributed by atoms with Gasteiger partial charge >= 0.3 is 0 Å². The number of allylic oxidation sites excluding steroid dienone is 1. The molecular weight excluding hydrogens is 250 g/mol. The van der Waals surface area contributed by atoms with Gasteiger partial charge in [-0.05, 0) is 46.2 Å². The monoisotopic (exact) mass is 277 g/mol. The molecule has 1 aromatic heterocycles. The van der Waals surface area contributed by atoms with Crippen LogP contribution in [-0.2, 0) is 17.8 Å². The molecule has 0 spiro atoms. The second kappa shape index (κ2) is 7.60. The Bertz CT molecular complexity index is 421. The number of aryl methyl sites for hydroxylation is 1. The Kier molecular flexibility index (Phi) is 5.80. The lowest BCUT2D eigenvalue weighted by Gasteiger charge is -2.17. The molecule has 1 atom stereocenters. The van der Waals surface area contributed by atoms with Gasteiger partial charge in [-0.15, -0.1) is 6.58 Å². The molecule has 1 aromatic rings. The molecule has 1 saturated heterocycles. The molecule has 1 aliphatic rings. The van der Waals surface area contributed by atoms with Crippen molar-refractivity contribution in [1.82, 2.24) is 14.7 Å². The molecule has 1 fully saturated rings. The lowest BCUT2D eigenvalue weighted by atomic mass is 10.1. The van der Waals surface area contributed by atoms with Crippen molar-refractivity contribution in [2.45, 2.75) is 51.8 Å². The lowest BCUT2D eigenvalue weighted by Crippen LogP contribution is -2.20. The first kappa shape index (κ1) is 15.3. The summed E-state index contributed by atoms with van der Waals surface area (Å²) >= 11 is 0. The summed E-state index contributed by atoms with van der Waals surface area (Å²) in [4.78, 5) is 2.37. The second-order valence-corrected chi connectivity index (χ2v) is 5.77. The highest BCUT2D eigenvalue weighted by molar-refractivity contribution is 5.15. The Morgan fingerprint density at radius 1 is 1.60 bits per heavy atom. The zero-order valence-electron chi connectivity index (χ0n) is 12.8. The maximum absolute atomic E-state index is 5.66. The maximum Gasteiger partial charge on any atom is 0.0638 e. The van der Waals surface area contributed by atoms with Crippen molar-refractivity contribution in [3.05, 3.63) is 30.1 Å². The molecule has 0 amide bonds. The summed E-state index contributed by atoms with van der Waals surface area (Å²) in [6.07, 6.45) is 9.41. The zero-order chi connectivity index (χ0) is 14.4. The normalized spacial score (nSPS) is 18.9. The first-order chi connectivity index (χ1) is 9.69. The SMILES string of the molecule is C=CCn1cc(CN(C)CCCC2CCCO2)c(C)n1. The molecule has 0 aromatic carbocycles. The minimum Gasteiger partial charge on any atom is -0.378 e. The van der Waals surface area contributed by atoms with Crippen molar-refractivity contribution in [1.29, 1.82) is 0 Å². The van der Waals surface area contributed by atoms with Crippen molar-refractivity contribution in [3.8, 4) is 0 Å². The Balaban J connectivity index is 1.72. The number of hydrogen-bond donors (Lipinski definition) is 0. The molecule has 2 heterocycles. The van der Waals surface area contributed by atoms with Gasteiger partial charge in [0.1, 0.15) is 0 Å². The molecule has 112 valence electrons. The molecule has 2 rings (SSSR count). The van der Waals surface area contributed by atoms with Crippen molar-refractivity contribution >= 4 is 0 Å². The highest BCUT2D eigenvalue weighted by Gasteiger charge is 2.15. The predicted molar refractivity (Wildman–Crippen MR) is 81.7 cm³/mol. The van der Waals surface area contributed by atoms with Gasteiger partial charge in [-0.2, -0.15) is 5.10 Å². The fourth-order valence-corrected chi connectivity index (χ4v) is 2.77. The largest absolute Gasteiger partial charge is 0.378 e. The smallest absolute Gasteiger partial charge is 0.0638 e. The van der Waals surface area contributed by atoms with Gasteiger partial charge in [-0.1, -0.05) is 6.08 Å². The molecule has 0 radical (unpaired) electrons. The van der Waals surface area contributed by atoms with E-state index in [0.29, 0.717) is 6.10 Å². The topological polar surface area (TPSA) is 30.3 Å². The number of ether oxygens (including phenoxy) is 1. The van der Waals surface area contributed by atoms with Crippen LogP contribution in [0.25, 0.3) is 0 Å². The van der Waals surface area contributed by atoms with Gasteiger partial charge in [0.2, 0.25) is 0 Å². The average Bonchev–Trinajstić information content (AvgIpc) is 3.01. The Morgan fingerprint density at radius 2 is 2.45 bits per heavy atom. The van der Waals surface area contributed by atoms with Crippen LogP contribution in [0.5, 0.6) is 0 Å². The van der Waals surface area contributed by atoms with E-state index in [4.69, 9.17) is 4.74 Å². The molecule has 0 N–H and O–H groups in total. The standard InChI is InChI=1S/C16H27N3O/c1-4-9-19-13-15(14(2)17-19)12-18(3)10-5-7-16-8-6-11-20-16/h4,13,16H,1,5-12H2,2-3H3. The quantitative estimate of drug-likeness (QED) is 0.685. The summed E-state index contributed by atoms with van der Waals surface area (Å²) in [5.41, 5.74) is 2.43. The van der Waals surface area contributed by atoms with E-state index >= 15 is 0 Å². The van der Waals surface area contributed by atoms with E-state index in [2.05, 4.69) is 36.7 Å². The number of rotatable bonds is 8. The molecule has 4 heteroatoms. The van der Waals surface area contributed by atoms with E-state index in [1.165, 1.54) is 31.2 Å². The average molecular weight is 277 g/mol. The predicted octanol–water partition coefficient (Wildman–Crippen LogP) is 2.77. The van der Waals surface area contributed by atoms with E-state index in [-0.39, 0.29) is 0 Å². The van der Waals surface area contributed by atoms with Gasteiger partial charge in [0, 0.05) is 24.9 Å². The van der Waals surface area contributed by atoms with Gasteiger partial charge in [0.25, 0.3) is 0 Å². The summed E-state index contributed by atoms with van der Waals surface area (Å²) in [6, 6.07) is 0. The summed E-state index contributed by atoms with van der Waals surface area (Å²) in [6.45, 7) is 9.66. The van der Waals surface area contributed by atoms with Gasteiger partial charge in [0.15, 0.2) is 0 Å². The lowest BCUT2D eigenvalue weighted by molar-refractivity contribution is 0.0995. The number of hydrogen-bond acceptors (Lipinski definition) is 3. The second-order valence-electron chi connectivity index (χ2n) is 5.77. The molecule has 1 unspecified atom stereocenters. The minimum atomic E-state index is 0.514. The molecule has 0 aliphatic carbocycles. The number of nitrogens with zero attached hydrogens (tertiary/aromatic N) is 3. The molecule has 4 nitrogen and oxygen atoms in total. The number of aromatic nitrogens is 2. The Hall–Kier alpha value is -1.13. The zero-order valence-corrected chi connectivity index (χ0v) is 12.8. The minimum absolute atomic E-state index is 0.514. The highest BCUT2D eigenvalue weighted by atomic mass is 16.5. The van der Waals surface area contributed by atoms with Crippen LogP contribution in [-0.4, -0.2) is 41.0 Å². The molecule has 1 aliphatic heterocycles. The molecule has 0 saturated carbocycles. The molecule has 0 bridgehead atoms. The van der Waals surface area contributed by atoms with Gasteiger partial charge < -0.3 is 9.64 Å². The fourth-order valence-electron chi connectivity index (χ4n) is 2.77. The molecule has 20 heavy (non-hydrogen) atoms. The van der Waals surface area contributed by atoms with E-state index in [0.717, 1.165) is 31.9 Å². The van der Waals surface area contributed by atoms with Crippen LogP contribution in [0.1, 0.15) is 36.9 Å². The van der Waals surface area contributed by atoms with Crippen LogP contribution >= 0.6 is 0 Å². The third kappa shape index (κ3) is 4.46. The van der Waals surface area contributed by atoms with Gasteiger partial charge in [-0.25, -0.2) is 0 Å². The summed E-state index contributed by atoms with van der Waals surface area (Å²) in [5.74, 6) is 0.